The molecule has 0 radical (unpaired) electrons. The normalized spacial score (nSPS) is 12.1. The third-order valence-electron chi connectivity index (χ3n) is 15.5. The highest BCUT2D eigenvalue weighted by atomic mass is 16.2. The van der Waals surface area contributed by atoms with Crippen LogP contribution in [0.1, 0.15) is 115 Å². The Kier molecular flexibility index (Phi) is 12.4. The Balaban J connectivity index is 1.00. The molecule has 11 rings (SSSR count). The fraction of sp³-hybridized carbons (Fsp3) is 0.206. The summed E-state index contributed by atoms with van der Waals surface area (Å²) in [5.74, 6) is -0.882. The average Bonchev–Trinajstić information content (AvgIpc) is 3.85. The van der Waals surface area contributed by atoms with Gasteiger partial charge in [-0.25, -0.2) is 9.13 Å². The van der Waals surface area contributed by atoms with Crippen molar-refractivity contribution in [1.82, 2.24) is 9.13 Å². The van der Waals surface area contributed by atoms with Gasteiger partial charge in [0.05, 0.1) is 32.9 Å². The Morgan fingerprint density at radius 1 is 0.346 bits per heavy atom. The number of carbonyl (C=O) groups is 2. The number of carbonyl (C=O) groups excluding carboxylic acids is 2. The zero-order valence-electron chi connectivity index (χ0n) is 45.6. The van der Waals surface area contributed by atoms with Crippen molar-refractivity contribution in [3.63, 3.8) is 0 Å². The van der Waals surface area contributed by atoms with Gasteiger partial charge in [0, 0.05) is 22.5 Å². The maximum Gasteiger partial charge on any atom is 0.266 e. The van der Waals surface area contributed by atoms with Crippen LogP contribution in [-0.2, 0) is 9.59 Å². The first kappa shape index (κ1) is 51.1. The number of nitrogens with one attached hydrogen (secondary N) is 2. The number of anilines is 2. The van der Waals surface area contributed by atoms with E-state index in [4.69, 9.17) is 0 Å². The number of hydrogen-bond acceptors (Lipinski definition) is 6. The second kappa shape index (κ2) is 18.9. The van der Waals surface area contributed by atoms with E-state index in [1.54, 1.807) is 13.8 Å². The molecule has 0 fully saturated rings. The summed E-state index contributed by atoms with van der Waals surface area (Å²) >= 11 is 0. The maximum absolute atomic E-state index is 14.5. The molecule has 2 N–H and O–H groups in total. The second-order valence-corrected chi connectivity index (χ2v) is 22.5. The Morgan fingerprint density at radius 3 is 0.756 bits per heavy atom. The topological polar surface area (TPSA) is 136 Å². The van der Waals surface area contributed by atoms with Crippen molar-refractivity contribution in [3.8, 4) is 11.4 Å². The summed E-state index contributed by atoms with van der Waals surface area (Å²) < 4.78 is 2.65. The van der Waals surface area contributed by atoms with E-state index in [2.05, 4.69) is 96.6 Å². The highest BCUT2D eigenvalue weighted by molar-refractivity contribution is 6.11. The standard InChI is InChI=1S/C68H60N4O6/c1-33(2)53-29-51(69-63(73)37(9)10)30-54(34(3)4)61(53)71-65(75)57-25-47-21-43-17-39-13-15-41-19-45-23-49-27-59-60(28-50(49)24-46(45)20-42(41)16-14-40(39)18-44(43)22-48(47)26-58(57)66(71)76)68(78)72(67(59)77)62-55(35(5)6)31-52(32-56(62)36(7)8)70-64(74)38(11)12/h13-36H,9,11H2,1-8,10,12H3,(H,69,73)(H,70,74). The van der Waals surface area contributed by atoms with Gasteiger partial charge >= 0.3 is 0 Å². The first-order valence-corrected chi connectivity index (χ1v) is 26.6. The van der Waals surface area contributed by atoms with Crippen LogP contribution in [0.5, 0.6) is 0 Å². The van der Waals surface area contributed by atoms with E-state index in [-0.39, 0.29) is 57.7 Å². The molecule has 0 unspecified atom stereocenters. The van der Waals surface area contributed by atoms with Crippen LogP contribution in [0.3, 0.4) is 0 Å². The maximum atomic E-state index is 14.5. The summed E-state index contributed by atoms with van der Waals surface area (Å²) in [6.07, 6.45) is 0. The van der Waals surface area contributed by atoms with E-state index < -0.39 is 0 Å². The molecule has 10 nitrogen and oxygen atoms in total. The fourth-order valence-electron chi connectivity index (χ4n) is 11.2. The molecule has 0 aliphatic carbocycles. The highest BCUT2D eigenvalue weighted by Gasteiger charge is 2.27. The predicted octanol–water partition coefficient (Wildman–Crippen LogP) is 14.9. The van der Waals surface area contributed by atoms with Crippen LogP contribution in [0.25, 0.3) is 97.6 Å². The lowest BCUT2D eigenvalue weighted by Gasteiger charge is -2.21. The minimum Gasteiger partial charge on any atom is -0.322 e. The lowest BCUT2D eigenvalue weighted by molar-refractivity contribution is -0.113. The fourth-order valence-corrected chi connectivity index (χ4v) is 11.2. The molecule has 2 heterocycles. The van der Waals surface area contributed by atoms with Crippen LogP contribution in [0, 0.1) is 0 Å². The Bertz CT molecular complexity index is 4210. The molecule has 11 aromatic rings. The first-order valence-electron chi connectivity index (χ1n) is 26.6. The lowest BCUT2D eigenvalue weighted by atomic mass is 9.91. The van der Waals surface area contributed by atoms with Crippen molar-refractivity contribution in [2.75, 3.05) is 10.6 Å². The quantitative estimate of drug-likeness (QED) is 0.103. The summed E-state index contributed by atoms with van der Waals surface area (Å²) in [6.45, 7) is 27.0. The Labute approximate surface area is 450 Å². The van der Waals surface area contributed by atoms with E-state index in [9.17, 15) is 28.8 Å². The Hall–Kier alpha value is -9.02. The smallest absolute Gasteiger partial charge is 0.266 e. The van der Waals surface area contributed by atoms with Crippen molar-refractivity contribution in [1.29, 1.82) is 0 Å². The largest absolute Gasteiger partial charge is 0.322 e. The monoisotopic (exact) mass is 1030 g/mol. The van der Waals surface area contributed by atoms with Crippen LogP contribution in [0.15, 0.2) is 165 Å². The van der Waals surface area contributed by atoms with Gasteiger partial charge in [0.2, 0.25) is 0 Å². The van der Waals surface area contributed by atoms with E-state index in [1.807, 2.05) is 104 Å². The summed E-state index contributed by atoms with van der Waals surface area (Å²) in [6, 6.07) is 40.2. The average molecular weight is 1030 g/mol. The van der Waals surface area contributed by atoms with Crippen molar-refractivity contribution in [3.05, 3.63) is 209 Å². The third kappa shape index (κ3) is 8.52. The van der Waals surface area contributed by atoms with Crippen molar-refractivity contribution >= 4 is 109 Å². The van der Waals surface area contributed by atoms with Gasteiger partial charge in [-0.05, 0) is 221 Å². The van der Waals surface area contributed by atoms with E-state index in [1.165, 1.54) is 9.13 Å². The number of benzene rings is 8. The van der Waals surface area contributed by atoms with Gasteiger partial charge in [-0.3, -0.25) is 28.8 Å². The summed E-state index contributed by atoms with van der Waals surface area (Å²) in [5, 5.41) is 18.6. The highest BCUT2D eigenvalue weighted by Crippen LogP contribution is 2.38. The summed E-state index contributed by atoms with van der Waals surface area (Å²) in [4.78, 5) is 83.5. The van der Waals surface area contributed by atoms with Gasteiger partial charge in [0.25, 0.3) is 34.1 Å². The van der Waals surface area contributed by atoms with Crippen LogP contribution >= 0.6 is 0 Å². The number of aromatic nitrogens is 2. The minimum absolute atomic E-state index is 0.0715. The molecule has 0 atom stereocenters. The van der Waals surface area contributed by atoms with Crippen LogP contribution < -0.4 is 32.9 Å². The van der Waals surface area contributed by atoms with Crippen molar-refractivity contribution in [2.24, 2.45) is 0 Å². The molecule has 10 heteroatoms. The molecule has 0 saturated carbocycles. The van der Waals surface area contributed by atoms with Gasteiger partial charge in [0.15, 0.2) is 0 Å². The van der Waals surface area contributed by atoms with Crippen LogP contribution in [-0.4, -0.2) is 20.9 Å². The molecule has 388 valence electrons. The molecule has 2 amide bonds. The molecule has 78 heavy (non-hydrogen) atoms. The Morgan fingerprint density at radius 2 is 0.551 bits per heavy atom. The van der Waals surface area contributed by atoms with Gasteiger partial charge in [-0.2, -0.15) is 0 Å². The van der Waals surface area contributed by atoms with E-state index >= 15 is 0 Å². The van der Waals surface area contributed by atoms with Crippen molar-refractivity contribution < 1.29 is 9.59 Å². The number of nitrogens with zero attached hydrogens (tertiary/aromatic N) is 2. The van der Waals surface area contributed by atoms with Crippen LogP contribution in [0.4, 0.5) is 11.4 Å². The minimum atomic E-state index is -0.379. The molecule has 2 aromatic heterocycles. The van der Waals surface area contributed by atoms with Crippen LogP contribution in [0.2, 0.25) is 0 Å². The molecular weight excluding hydrogens is 969 g/mol. The zero-order valence-corrected chi connectivity index (χ0v) is 45.6. The molecule has 0 bridgehead atoms. The third-order valence-corrected chi connectivity index (χ3v) is 15.5. The molecule has 0 spiro atoms. The van der Waals surface area contributed by atoms with Gasteiger partial charge in [-0.1, -0.05) is 92.8 Å². The summed E-state index contributed by atoms with van der Waals surface area (Å²) in [5.41, 5.74) is 4.66. The number of rotatable bonds is 10. The van der Waals surface area contributed by atoms with E-state index in [0.29, 0.717) is 55.4 Å². The molecule has 9 aromatic carbocycles. The SMILES string of the molecule is C=C(C)C(=O)Nc1cc(C(C)C)c(-n2c(=O)c3cc4cc5cc6ccc7cc8cc9cc%10c(=O)n(-c%11c(C(C)C)cc(NC(=O)C(=C)C)cc%11C(C)C)c(=O)c%10cc9cc8cc7ccc6cc5cc4cc3c2=O)c(C(C)C)c1. The van der Waals surface area contributed by atoms with E-state index in [0.717, 1.165) is 86.9 Å². The lowest BCUT2D eigenvalue weighted by Crippen LogP contribution is -2.27. The first-order chi connectivity index (χ1) is 37.1. The number of fused-ring (bicyclic) bond motifs is 8. The van der Waals surface area contributed by atoms with Crippen molar-refractivity contribution in [2.45, 2.75) is 92.9 Å². The number of amides is 2. The predicted molar refractivity (Wildman–Crippen MR) is 325 cm³/mol. The van der Waals surface area contributed by atoms with Gasteiger partial charge in [0.1, 0.15) is 0 Å². The zero-order chi connectivity index (χ0) is 55.5. The number of hydrogen-bond donors (Lipinski definition) is 2. The van der Waals surface area contributed by atoms with Gasteiger partial charge in [-0.15, -0.1) is 0 Å². The molecule has 0 aliphatic rings. The second-order valence-electron chi connectivity index (χ2n) is 22.5. The molecule has 0 saturated heterocycles. The van der Waals surface area contributed by atoms with Gasteiger partial charge < -0.3 is 10.6 Å². The molecule has 0 aliphatic heterocycles. The molecular formula is C68H60N4O6. The summed E-state index contributed by atoms with van der Waals surface area (Å²) in [7, 11) is 0.